The molecule has 0 spiro atoms. The van der Waals surface area contributed by atoms with E-state index in [0.29, 0.717) is 26.1 Å². The van der Waals surface area contributed by atoms with Crippen LogP contribution in [0, 0.1) is 12.7 Å². The van der Waals surface area contributed by atoms with Crippen molar-refractivity contribution in [3.63, 3.8) is 0 Å². The van der Waals surface area contributed by atoms with Gasteiger partial charge >= 0.3 is 0 Å². The lowest BCUT2D eigenvalue weighted by molar-refractivity contribution is -0.142. The van der Waals surface area contributed by atoms with E-state index in [1.54, 1.807) is 33.3 Å². The first-order chi connectivity index (χ1) is 18.4. The molecule has 1 atom stereocenters. The van der Waals surface area contributed by atoms with Crippen molar-refractivity contribution in [2.75, 3.05) is 32.7 Å². The zero-order chi connectivity index (χ0) is 26.9. The number of hydrogen-bond donors (Lipinski definition) is 0. The molecule has 7 heteroatoms. The van der Waals surface area contributed by atoms with Crippen molar-refractivity contribution >= 4 is 23.2 Å². The molecule has 1 aliphatic heterocycles. The average Bonchev–Trinajstić information content (AvgIpc) is 3.60. The fourth-order valence-electron chi connectivity index (χ4n) is 5.04. The molecule has 5 nitrogen and oxygen atoms in total. The van der Waals surface area contributed by atoms with Gasteiger partial charge in [0.05, 0.1) is 19.0 Å². The fraction of sp³-hybridized carbons (Fsp3) is 0.419. The van der Waals surface area contributed by atoms with Crippen LogP contribution in [0.2, 0.25) is 0 Å². The predicted molar refractivity (Wildman–Crippen MR) is 151 cm³/mol. The van der Waals surface area contributed by atoms with E-state index in [-0.39, 0.29) is 30.1 Å². The van der Waals surface area contributed by atoms with Crippen LogP contribution in [0.15, 0.2) is 66.0 Å². The van der Waals surface area contributed by atoms with Crippen LogP contribution in [0.25, 0.3) is 0 Å². The Kier molecular flexibility index (Phi) is 10.1. The molecule has 0 N–H and O–H groups in total. The molecule has 0 saturated carbocycles. The molecule has 1 unspecified atom stereocenters. The minimum Gasteiger partial charge on any atom is -0.332 e. The number of halogens is 1. The molecule has 1 aromatic heterocycles. The third kappa shape index (κ3) is 7.51. The minimum absolute atomic E-state index is 0.000262. The zero-order valence-corrected chi connectivity index (χ0v) is 23.3. The fourth-order valence-corrected chi connectivity index (χ4v) is 5.96. The first kappa shape index (κ1) is 28.0. The molecule has 1 saturated heterocycles. The van der Waals surface area contributed by atoms with Gasteiger partial charge in [0, 0.05) is 24.5 Å². The number of likely N-dealkylation sites (tertiary alicyclic amines) is 1. The molecule has 1 aliphatic rings. The van der Waals surface area contributed by atoms with E-state index < -0.39 is 0 Å². The van der Waals surface area contributed by atoms with E-state index in [0.717, 1.165) is 41.2 Å². The number of nitrogens with zero attached hydrogens (tertiary/aromatic N) is 3. The van der Waals surface area contributed by atoms with Crippen LogP contribution in [0.4, 0.5) is 4.39 Å². The molecule has 0 aliphatic carbocycles. The van der Waals surface area contributed by atoms with Crippen molar-refractivity contribution in [1.82, 2.24) is 14.7 Å². The smallest absolute Gasteiger partial charge is 0.242 e. The second-order valence-corrected chi connectivity index (χ2v) is 11.1. The highest BCUT2D eigenvalue weighted by molar-refractivity contribution is 7.10. The van der Waals surface area contributed by atoms with E-state index in [9.17, 15) is 14.0 Å². The van der Waals surface area contributed by atoms with Crippen molar-refractivity contribution in [2.45, 2.75) is 52.1 Å². The lowest BCUT2D eigenvalue weighted by atomic mass is 9.95. The van der Waals surface area contributed by atoms with Gasteiger partial charge in [-0.05, 0) is 79.5 Å². The highest BCUT2D eigenvalue weighted by atomic mass is 32.1. The SMILES string of the molecule is CCC(C(=O)N(CCN1CCCC1)CC(=O)N(Cc1ccc(F)cc1)Cc1sccc1C)c1ccccc1. The van der Waals surface area contributed by atoms with Crippen molar-refractivity contribution < 1.29 is 14.0 Å². The van der Waals surface area contributed by atoms with Gasteiger partial charge in [0.1, 0.15) is 5.82 Å². The van der Waals surface area contributed by atoms with E-state index in [2.05, 4.69) is 11.0 Å². The molecule has 2 aromatic carbocycles. The minimum atomic E-state index is -0.300. The largest absolute Gasteiger partial charge is 0.332 e. The van der Waals surface area contributed by atoms with Crippen LogP contribution in [0.3, 0.4) is 0 Å². The lowest BCUT2D eigenvalue weighted by Crippen LogP contribution is -2.46. The van der Waals surface area contributed by atoms with Gasteiger partial charge in [-0.15, -0.1) is 11.3 Å². The highest BCUT2D eigenvalue weighted by Gasteiger charge is 2.28. The van der Waals surface area contributed by atoms with Crippen LogP contribution in [-0.4, -0.2) is 59.2 Å². The third-order valence-electron chi connectivity index (χ3n) is 7.37. The predicted octanol–water partition coefficient (Wildman–Crippen LogP) is 5.84. The summed E-state index contributed by atoms with van der Waals surface area (Å²) in [6, 6.07) is 18.2. The van der Waals surface area contributed by atoms with Crippen LogP contribution in [-0.2, 0) is 22.7 Å². The number of aryl methyl sites for hydroxylation is 1. The normalized spacial score (nSPS) is 14.4. The number of benzene rings is 2. The van der Waals surface area contributed by atoms with E-state index >= 15 is 0 Å². The molecule has 0 radical (unpaired) electrons. The molecular weight excluding hydrogens is 497 g/mol. The number of rotatable bonds is 12. The third-order valence-corrected chi connectivity index (χ3v) is 8.38. The molecule has 2 heterocycles. The summed E-state index contributed by atoms with van der Waals surface area (Å²) < 4.78 is 13.5. The van der Waals surface area contributed by atoms with Gasteiger partial charge in [0.2, 0.25) is 11.8 Å². The maximum atomic E-state index is 13.9. The number of carbonyl (C=O) groups is 2. The van der Waals surface area contributed by atoms with E-state index in [1.807, 2.05) is 49.6 Å². The van der Waals surface area contributed by atoms with Gasteiger partial charge in [0.25, 0.3) is 0 Å². The maximum absolute atomic E-state index is 13.9. The Morgan fingerprint density at radius 2 is 1.68 bits per heavy atom. The summed E-state index contributed by atoms with van der Waals surface area (Å²) in [6.45, 7) is 8.30. The average molecular weight is 536 g/mol. The molecular formula is C31H38FN3O2S. The van der Waals surface area contributed by atoms with Crippen molar-refractivity contribution in [2.24, 2.45) is 0 Å². The second kappa shape index (κ2) is 13.7. The summed E-state index contributed by atoms with van der Waals surface area (Å²) in [4.78, 5) is 34.8. The molecule has 1 fully saturated rings. The molecule has 38 heavy (non-hydrogen) atoms. The maximum Gasteiger partial charge on any atom is 0.242 e. The number of hydrogen-bond acceptors (Lipinski definition) is 4. The quantitative estimate of drug-likeness (QED) is 0.293. The van der Waals surface area contributed by atoms with Crippen LogP contribution in [0.1, 0.15) is 53.7 Å². The summed E-state index contributed by atoms with van der Waals surface area (Å²) >= 11 is 1.63. The van der Waals surface area contributed by atoms with Crippen molar-refractivity contribution in [3.05, 3.63) is 93.4 Å². The van der Waals surface area contributed by atoms with Crippen molar-refractivity contribution in [1.29, 1.82) is 0 Å². The Balaban J connectivity index is 1.55. The van der Waals surface area contributed by atoms with E-state index in [4.69, 9.17) is 0 Å². The number of carbonyl (C=O) groups excluding carboxylic acids is 2. The molecule has 0 bridgehead atoms. The Labute approximate surface area is 229 Å². The lowest BCUT2D eigenvalue weighted by Gasteiger charge is -2.31. The van der Waals surface area contributed by atoms with Gasteiger partial charge < -0.3 is 14.7 Å². The summed E-state index contributed by atoms with van der Waals surface area (Å²) in [7, 11) is 0. The van der Waals surface area contributed by atoms with Gasteiger partial charge in [0.15, 0.2) is 0 Å². The Morgan fingerprint density at radius 1 is 0.974 bits per heavy atom. The summed E-state index contributed by atoms with van der Waals surface area (Å²) in [6.07, 6.45) is 3.03. The van der Waals surface area contributed by atoms with Gasteiger partial charge in [-0.1, -0.05) is 49.4 Å². The number of thiophene rings is 1. The van der Waals surface area contributed by atoms with Gasteiger partial charge in [-0.3, -0.25) is 9.59 Å². The highest BCUT2D eigenvalue weighted by Crippen LogP contribution is 2.24. The molecule has 202 valence electrons. The Hall–Kier alpha value is -3.03. The molecule has 3 aromatic rings. The topological polar surface area (TPSA) is 43.9 Å². The molecule has 2 amide bonds. The van der Waals surface area contributed by atoms with E-state index in [1.165, 1.54) is 25.0 Å². The summed E-state index contributed by atoms with van der Waals surface area (Å²) in [5.74, 6) is -0.682. The first-order valence-electron chi connectivity index (χ1n) is 13.6. The summed E-state index contributed by atoms with van der Waals surface area (Å²) in [5.41, 5.74) is 2.99. The molecule has 4 rings (SSSR count). The van der Waals surface area contributed by atoms with Crippen LogP contribution < -0.4 is 0 Å². The van der Waals surface area contributed by atoms with Crippen LogP contribution >= 0.6 is 11.3 Å². The number of amides is 2. The van der Waals surface area contributed by atoms with Crippen molar-refractivity contribution in [3.8, 4) is 0 Å². The second-order valence-electron chi connectivity index (χ2n) is 10.1. The summed E-state index contributed by atoms with van der Waals surface area (Å²) in [5, 5.41) is 2.03. The first-order valence-corrected chi connectivity index (χ1v) is 14.4. The zero-order valence-electron chi connectivity index (χ0n) is 22.4. The standard InChI is InChI=1S/C31H38FN3O2S/c1-3-28(26-9-5-4-6-10-26)31(37)34(19-18-33-16-7-8-17-33)23-30(36)35(22-29-24(2)15-20-38-29)21-25-11-13-27(32)14-12-25/h4-6,9-15,20,28H,3,7-8,16-19,21-23H2,1-2H3. The Bertz CT molecular complexity index is 1180. The Morgan fingerprint density at radius 3 is 2.32 bits per heavy atom. The van der Waals surface area contributed by atoms with Gasteiger partial charge in [-0.25, -0.2) is 4.39 Å². The van der Waals surface area contributed by atoms with Crippen LogP contribution in [0.5, 0.6) is 0 Å². The monoisotopic (exact) mass is 535 g/mol. The van der Waals surface area contributed by atoms with Gasteiger partial charge in [-0.2, -0.15) is 0 Å².